The van der Waals surface area contributed by atoms with E-state index in [1.807, 2.05) is 36.4 Å². The molecule has 0 saturated carbocycles. The van der Waals surface area contributed by atoms with E-state index in [-0.39, 0.29) is 4.65 Å². The zero-order valence-electron chi connectivity index (χ0n) is 8.23. The first-order valence-electron chi connectivity index (χ1n) is 5.05. The molecule has 0 aliphatic carbocycles. The van der Waals surface area contributed by atoms with Crippen LogP contribution in [0.2, 0.25) is 0 Å². The number of hydrogen-bond donors (Lipinski definition) is 0. The van der Waals surface area contributed by atoms with Crippen LogP contribution in [0.25, 0.3) is 0 Å². The largest absolute Gasteiger partial charge is 0.632 e. The highest BCUT2D eigenvalue weighted by Gasteiger charge is 2.17. The molecule has 1 aliphatic rings. The highest BCUT2D eigenvalue weighted by atomic mass is 16.5. The van der Waals surface area contributed by atoms with Crippen LogP contribution in [-0.4, -0.2) is 17.7 Å². The van der Waals surface area contributed by atoms with Crippen molar-refractivity contribution >= 4 is 0 Å². The van der Waals surface area contributed by atoms with Gasteiger partial charge in [-0.1, -0.05) is 36.4 Å². The lowest BCUT2D eigenvalue weighted by molar-refractivity contribution is -0.889. The second kappa shape index (κ2) is 3.95. The molecule has 1 heterocycles. The Morgan fingerprint density at radius 3 is 2.57 bits per heavy atom. The summed E-state index contributed by atoms with van der Waals surface area (Å²) < 4.78 is -0.0967. The van der Waals surface area contributed by atoms with E-state index in [9.17, 15) is 5.21 Å². The van der Waals surface area contributed by atoms with Gasteiger partial charge in [0.2, 0.25) is 0 Å². The first-order valence-corrected chi connectivity index (χ1v) is 5.05. The van der Waals surface area contributed by atoms with E-state index in [0.29, 0.717) is 19.6 Å². The number of rotatable bonds is 2. The van der Waals surface area contributed by atoms with Gasteiger partial charge in [0, 0.05) is 12.0 Å². The Kier molecular flexibility index (Phi) is 2.66. The summed E-state index contributed by atoms with van der Waals surface area (Å²) in [5.74, 6) is 0. The fourth-order valence-electron chi connectivity index (χ4n) is 1.85. The van der Waals surface area contributed by atoms with Crippen molar-refractivity contribution in [3.8, 4) is 0 Å². The van der Waals surface area contributed by atoms with Gasteiger partial charge in [-0.15, -0.1) is 0 Å². The van der Waals surface area contributed by atoms with E-state index in [0.717, 1.165) is 12.0 Å². The van der Waals surface area contributed by atoms with Gasteiger partial charge in [0.15, 0.2) is 0 Å². The van der Waals surface area contributed by atoms with E-state index in [1.54, 1.807) is 0 Å². The average molecular weight is 189 g/mol. The molecule has 0 radical (unpaired) electrons. The van der Waals surface area contributed by atoms with Gasteiger partial charge in [-0.3, -0.25) is 0 Å². The first kappa shape index (κ1) is 9.44. The Balaban J connectivity index is 2.07. The van der Waals surface area contributed by atoms with Gasteiger partial charge >= 0.3 is 0 Å². The van der Waals surface area contributed by atoms with Crippen molar-refractivity contribution in [1.29, 1.82) is 0 Å². The van der Waals surface area contributed by atoms with Gasteiger partial charge in [-0.25, -0.2) is 0 Å². The maximum Gasteiger partial charge on any atom is 0.104 e. The topological polar surface area (TPSA) is 23.1 Å². The minimum Gasteiger partial charge on any atom is -0.632 e. The number of quaternary nitrogens is 1. The maximum absolute atomic E-state index is 12.2. The first-order chi connectivity index (χ1) is 6.79. The van der Waals surface area contributed by atoms with Crippen LogP contribution in [0, 0.1) is 5.21 Å². The monoisotopic (exact) mass is 189 g/mol. The van der Waals surface area contributed by atoms with Gasteiger partial charge in [0.1, 0.15) is 6.54 Å². The van der Waals surface area contributed by atoms with Crippen LogP contribution < -0.4 is 0 Å². The Labute approximate surface area is 84.6 Å². The van der Waals surface area contributed by atoms with E-state index in [2.05, 4.69) is 6.08 Å². The maximum atomic E-state index is 12.2. The molecule has 74 valence electrons. The van der Waals surface area contributed by atoms with E-state index < -0.39 is 0 Å². The van der Waals surface area contributed by atoms with Crippen LogP contribution in [0.4, 0.5) is 0 Å². The number of benzene rings is 1. The Morgan fingerprint density at radius 1 is 1.14 bits per heavy atom. The summed E-state index contributed by atoms with van der Waals surface area (Å²) in [5.41, 5.74) is 1.14. The summed E-state index contributed by atoms with van der Waals surface area (Å²) in [5, 5.41) is 12.2. The van der Waals surface area contributed by atoms with Crippen molar-refractivity contribution < 1.29 is 4.65 Å². The standard InChI is InChI=1S/C12H15NO/c14-13(9-5-2-6-10-13)11-12-7-3-1-4-8-12/h1-5,7-8H,6,9-11H2. The number of nitrogens with zero attached hydrogens (tertiary/aromatic N) is 1. The molecular formula is C12H15NO. The number of hydroxylamine groups is 3. The molecule has 0 spiro atoms. The van der Waals surface area contributed by atoms with E-state index in [1.165, 1.54) is 0 Å². The quantitative estimate of drug-likeness (QED) is 0.398. The van der Waals surface area contributed by atoms with Gasteiger partial charge in [-0.05, 0) is 6.08 Å². The van der Waals surface area contributed by atoms with E-state index in [4.69, 9.17) is 0 Å². The molecule has 1 aromatic carbocycles. The molecule has 1 unspecified atom stereocenters. The average Bonchev–Trinajstić information content (AvgIpc) is 2.19. The van der Waals surface area contributed by atoms with Gasteiger partial charge in [-0.2, -0.15) is 0 Å². The molecule has 0 bridgehead atoms. The minimum atomic E-state index is -0.0967. The van der Waals surface area contributed by atoms with Crippen molar-refractivity contribution in [1.82, 2.24) is 0 Å². The van der Waals surface area contributed by atoms with Crippen molar-refractivity contribution in [3.63, 3.8) is 0 Å². The molecule has 0 amide bonds. The fraction of sp³-hybridized carbons (Fsp3) is 0.333. The van der Waals surface area contributed by atoms with Crippen molar-refractivity contribution in [2.24, 2.45) is 0 Å². The molecule has 14 heavy (non-hydrogen) atoms. The smallest absolute Gasteiger partial charge is 0.104 e. The second-order valence-corrected chi connectivity index (χ2v) is 3.87. The lowest BCUT2D eigenvalue weighted by Gasteiger charge is -2.43. The summed E-state index contributed by atoms with van der Waals surface area (Å²) in [7, 11) is 0. The predicted octanol–water partition coefficient (Wildman–Crippen LogP) is 2.46. The summed E-state index contributed by atoms with van der Waals surface area (Å²) >= 11 is 0. The Hall–Kier alpha value is -1.12. The van der Waals surface area contributed by atoms with Gasteiger partial charge in [0.05, 0.1) is 13.1 Å². The molecule has 2 rings (SSSR count). The lowest BCUT2D eigenvalue weighted by Crippen LogP contribution is -2.43. The van der Waals surface area contributed by atoms with Crippen molar-refractivity contribution in [2.45, 2.75) is 13.0 Å². The Bertz CT molecular complexity index is 320. The van der Waals surface area contributed by atoms with Gasteiger partial charge < -0.3 is 9.85 Å². The molecule has 2 nitrogen and oxygen atoms in total. The SMILES string of the molecule is [O-][N+]1(Cc2ccccc2)CC=CCC1. The van der Waals surface area contributed by atoms with Crippen molar-refractivity contribution in [2.75, 3.05) is 13.1 Å². The minimum absolute atomic E-state index is 0.0967. The third-order valence-corrected chi connectivity index (χ3v) is 2.62. The second-order valence-electron chi connectivity index (χ2n) is 3.87. The molecule has 0 aromatic heterocycles. The van der Waals surface area contributed by atoms with Crippen molar-refractivity contribution in [3.05, 3.63) is 53.3 Å². The molecule has 1 aromatic rings. The van der Waals surface area contributed by atoms with Crippen LogP contribution in [0.1, 0.15) is 12.0 Å². The van der Waals surface area contributed by atoms with Crippen LogP contribution in [0.15, 0.2) is 42.5 Å². The summed E-state index contributed by atoms with van der Waals surface area (Å²) in [6.45, 7) is 1.94. The zero-order valence-corrected chi connectivity index (χ0v) is 8.23. The Morgan fingerprint density at radius 2 is 1.93 bits per heavy atom. The molecule has 1 aliphatic heterocycles. The van der Waals surface area contributed by atoms with Crippen LogP contribution >= 0.6 is 0 Å². The molecular weight excluding hydrogens is 174 g/mol. The number of hydrogen-bond acceptors (Lipinski definition) is 1. The third-order valence-electron chi connectivity index (χ3n) is 2.62. The molecule has 1 atom stereocenters. The lowest BCUT2D eigenvalue weighted by atomic mass is 10.1. The predicted molar refractivity (Wildman–Crippen MR) is 57.3 cm³/mol. The van der Waals surface area contributed by atoms with Gasteiger partial charge in [0.25, 0.3) is 0 Å². The fourth-order valence-corrected chi connectivity index (χ4v) is 1.85. The third kappa shape index (κ3) is 2.22. The van der Waals surface area contributed by atoms with Crippen LogP contribution in [0.3, 0.4) is 0 Å². The van der Waals surface area contributed by atoms with Crippen LogP contribution in [-0.2, 0) is 6.54 Å². The van der Waals surface area contributed by atoms with E-state index >= 15 is 0 Å². The zero-order chi connectivity index (χ0) is 9.86. The molecule has 2 heteroatoms. The molecule has 0 N–H and O–H groups in total. The molecule has 0 fully saturated rings. The highest BCUT2D eigenvalue weighted by Crippen LogP contribution is 2.17. The summed E-state index contributed by atoms with van der Waals surface area (Å²) in [4.78, 5) is 0. The molecule has 0 saturated heterocycles. The summed E-state index contributed by atoms with van der Waals surface area (Å²) in [6.07, 6.45) is 5.01. The highest BCUT2D eigenvalue weighted by molar-refractivity contribution is 5.13. The normalized spacial score (nSPS) is 26.4. The summed E-state index contributed by atoms with van der Waals surface area (Å²) in [6, 6.07) is 10.0. The van der Waals surface area contributed by atoms with Crippen LogP contribution in [0.5, 0.6) is 0 Å².